The lowest BCUT2D eigenvalue weighted by atomic mass is 10.1. The third-order valence-electron chi connectivity index (χ3n) is 4.68. The largest absolute Gasteiger partial charge is 0.490 e. The maximum Gasteiger partial charge on any atom is 0.307 e. The third kappa shape index (κ3) is 4.41. The Hall–Kier alpha value is -3.32. The van der Waals surface area contributed by atoms with Gasteiger partial charge in [0.15, 0.2) is 17.3 Å². The second-order valence-electron chi connectivity index (χ2n) is 6.69. The van der Waals surface area contributed by atoms with Crippen molar-refractivity contribution in [3.8, 4) is 11.5 Å². The molecule has 7 heteroatoms. The van der Waals surface area contributed by atoms with Gasteiger partial charge >= 0.3 is 5.91 Å². The fraction of sp³-hybridized carbons (Fsp3) is 0.167. The van der Waals surface area contributed by atoms with Crippen LogP contribution in [0.25, 0.3) is 21.7 Å². The summed E-state index contributed by atoms with van der Waals surface area (Å²) in [6, 6.07) is 17.2. The number of hydrazone groups is 1. The van der Waals surface area contributed by atoms with Crippen molar-refractivity contribution in [1.29, 1.82) is 0 Å². The molecule has 0 bridgehead atoms. The zero-order valence-electron chi connectivity index (χ0n) is 17.1. The number of hydrogen-bond donors (Lipinski definition) is 1. The molecule has 0 aliphatic heterocycles. The van der Waals surface area contributed by atoms with Gasteiger partial charge in [0.25, 0.3) is 0 Å². The summed E-state index contributed by atoms with van der Waals surface area (Å²) < 4.78 is 17.7. The second kappa shape index (κ2) is 9.22. The average Bonchev–Trinajstić information content (AvgIpc) is 3.22. The summed E-state index contributed by atoms with van der Waals surface area (Å²) >= 11 is 3.50. The van der Waals surface area contributed by atoms with Gasteiger partial charge in [0.2, 0.25) is 0 Å². The zero-order valence-corrected chi connectivity index (χ0v) is 18.7. The van der Waals surface area contributed by atoms with E-state index in [2.05, 4.69) is 26.5 Å². The number of nitrogens with zero attached hydrogens (tertiary/aromatic N) is 1. The molecule has 0 unspecified atom stereocenters. The van der Waals surface area contributed by atoms with Crippen LogP contribution in [0.1, 0.15) is 30.0 Å². The van der Waals surface area contributed by atoms with Gasteiger partial charge in [0.1, 0.15) is 5.58 Å². The number of ether oxygens (including phenoxy) is 2. The van der Waals surface area contributed by atoms with Gasteiger partial charge in [-0.3, -0.25) is 4.79 Å². The normalized spacial score (nSPS) is 11.3. The number of rotatable bonds is 7. The van der Waals surface area contributed by atoms with Gasteiger partial charge in [0, 0.05) is 15.4 Å². The summed E-state index contributed by atoms with van der Waals surface area (Å²) in [7, 11) is 0. The molecule has 1 N–H and O–H groups in total. The number of furan rings is 1. The minimum absolute atomic E-state index is 0.198. The maximum atomic E-state index is 12.6. The Balaban J connectivity index is 1.54. The minimum atomic E-state index is -0.427. The molecule has 0 saturated heterocycles. The van der Waals surface area contributed by atoms with Gasteiger partial charge in [-0.2, -0.15) is 5.10 Å². The Bertz CT molecular complexity index is 1280. The first-order chi connectivity index (χ1) is 15.1. The minimum Gasteiger partial charge on any atom is -0.490 e. The van der Waals surface area contributed by atoms with Crippen molar-refractivity contribution in [2.75, 3.05) is 13.2 Å². The van der Waals surface area contributed by atoms with E-state index in [0.29, 0.717) is 30.3 Å². The predicted molar refractivity (Wildman–Crippen MR) is 125 cm³/mol. The molecule has 158 valence electrons. The van der Waals surface area contributed by atoms with Crippen LogP contribution in [0.5, 0.6) is 11.5 Å². The highest BCUT2D eigenvalue weighted by Crippen LogP contribution is 2.33. The molecule has 0 aliphatic rings. The van der Waals surface area contributed by atoms with Crippen molar-refractivity contribution in [2.24, 2.45) is 5.10 Å². The van der Waals surface area contributed by atoms with E-state index in [1.54, 1.807) is 6.07 Å². The number of halogens is 1. The van der Waals surface area contributed by atoms with Crippen LogP contribution in [-0.4, -0.2) is 25.3 Å². The van der Waals surface area contributed by atoms with Gasteiger partial charge in [-0.1, -0.05) is 30.3 Å². The van der Waals surface area contributed by atoms with E-state index in [9.17, 15) is 4.79 Å². The lowest BCUT2D eigenvalue weighted by Gasteiger charge is -2.12. The molecular weight excluding hydrogens is 460 g/mol. The monoisotopic (exact) mass is 480 g/mol. The van der Waals surface area contributed by atoms with Crippen LogP contribution in [0.4, 0.5) is 0 Å². The molecule has 1 heterocycles. The average molecular weight is 481 g/mol. The molecule has 1 aromatic heterocycles. The van der Waals surface area contributed by atoms with Gasteiger partial charge < -0.3 is 13.9 Å². The van der Waals surface area contributed by atoms with E-state index in [1.807, 2.05) is 62.4 Å². The Morgan fingerprint density at radius 3 is 2.55 bits per heavy atom. The van der Waals surface area contributed by atoms with Gasteiger partial charge in [-0.25, -0.2) is 5.43 Å². The molecule has 6 nitrogen and oxygen atoms in total. The van der Waals surface area contributed by atoms with Crippen LogP contribution in [-0.2, 0) is 0 Å². The molecule has 3 aromatic carbocycles. The molecule has 0 radical (unpaired) electrons. The van der Waals surface area contributed by atoms with Crippen LogP contribution in [0, 0.1) is 0 Å². The van der Waals surface area contributed by atoms with Gasteiger partial charge in [0.05, 0.1) is 19.4 Å². The number of fused-ring (bicyclic) bond motifs is 3. The van der Waals surface area contributed by atoms with E-state index >= 15 is 0 Å². The van der Waals surface area contributed by atoms with E-state index in [-0.39, 0.29) is 5.76 Å². The molecule has 0 spiro atoms. The highest BCUT2D eigenvalue weighted by Gasteiger charge is 2.14. The Labute approximate surface area is 188 Å². The number of carbonyl (C=O) groups excluding carboxylic acids is 1. The number of hydrogen-bond acceptors (Lipinski definition) is 5. The van der Waals surface area contributed by atoms with Gasteiger partial charge in [-0.15, -0.1) is 0 Å². The van der Waals surface area contributed by atoms with Crippen LogP contribution >= 0.6 is 15.9 Å². The third-order valence-corrected chi connectivity index (χ3v) is 5.37. The summed E-state index contributed by atoms with van der Waals surface area (Å²) in [5.74, 6) is 1.03. The molecular formula is C24H21BrN2O4. The highest BCUT2D eigenvalue weighted by atomic mass is 79.9. The highest BCUT2D eigenvalue weighted by molar-refractivity contribution is 9.10. The molecule has 4 rings (SSSR count). The van der Waals surface area contributed by atoms with Crippen molar-refractivity contribution in [3.63, 3.8) is 0 Å². The lowest BCUT2D eigenvalue weighted by Crippen LogP contribution is -2.16. The molecule has 0 fully saturated rings. The smallest absolute Gasteiger partial charge is 0.307 e. The Morgan fingerprint density at radius 2 is 1.77 bits per heavy atom. The SMILES string of the molecule is CCOc1cc(Br)c(/C=N/NC(=O)c2cc3c(ccc4ccccc43)o2)cc1OCC. The first-order valence-electron chi connectivity index (χ1n) is 9.94. The summed E-state index contributed by atoms with van der Waals surface area (Å²) in [5, 5.41) is 7.09. The first-order valence-corrected chi connectivity index (χ1v) is 10.7. The van der Waals surface area contributed by atoms with E-state index in [0.717, 1.165) is 26.2 Å². The summed E-state index contributed by atoms with van der Waals surface area (Å²) in [5.41, 5.74) is 3.91. The molecule has 4 aromatic rings. The van der Waals surface area contributed by atoms with Crippen molar-refractivity contribution in [3.05, 3.63) is 70.4 Å². The standard InChI is InChI=1S/C24H21BrN2O4/c1-3-29-21-11-16(19(25)13-22(21)30-4-2)14-26-27-24(28)23-12-18-17-8-6-5-7-15(17)9-10-20(18)31-23/h5-14H,3-4H2,1-2H3,(H,27,28)/b26-14+. The topological polar surface area (TPSA) is 73.1 Å². The molecule has 1 amide bonds. The quantitative estimate of drug-likeness (QED) is 0.263. The Kier molecular flexibility index (Phi) is 6.23. The van der Waals surface area contributed by atoms with Crippen molar-refractivity contribution < 1.29 is 18.7 Å². The van der Waals surface area contributed by atoms with E-state index < -0.39 is 5.91 Å². The molecule has 0 saturated carbocycles. The van der Waals surface area contributed by atoms with Crippen molar-refractivity contribution in [2.45, 2.75) is 13.8 Å². The van der Waals surface area contributed by atoms with Crippen LogP contribution in [0.15, 0.2) is 68.6 Å². The maximum absolute atomic E-state index is 12.6. The summed E-state index contributed by atoms with van der Waals surface area (Å²) in [6.07, 6.45) is 1.54. The van der Waals surface area contributed by atoms with Crippen LogP contribution in [0.3, 0.4) is 0 Å². The lowest BCUT2D eigenvalue weighted by molar-refractivity contribution is 0.0929. The van der Waals surface area contributed by atoms with E-state index in [1.165, 1.54) is 6.21 Å². The zero-order chi connectivity index (χ0) is 21.8. The number of carbonyl (C=O) groups is 1. The summed E-state index contributed by atoms with van der Waals surface area (Å²) in [4.78, 5) is 12.6. The number of nitrogens with one attached hydrogen (secondary N) is 1. The molecule has 31 heavy (non-hydrogen) atoms. The molecule has 0 atom stereocenters. The fourth-order valence-corrected chi connectivity index (χ4v) is 3.73. The second-order valence-corrected chi connectivity index (χ2v) is 7.55. The predicted octanol–water partition coefficient (Wildman–Crippen LogP) is 5.91. The van der Waals surface area contributed by atoms with Crippen molar-refractivity contribution >= 4 is 49.8 Å². The van der Waals surface area contributed by atoms with E-state index in [4.69, 9.17) is 13.9 Å². The Morgan fingerprint density at radius 1 is 1.03 bits per heavy atom. The summed E-state index contributed by atoms with van der Waals surface area (Å²) in [6.45, 7) is 4.86. The number of amides is 1. The van der Waals surface area contributed by atoms with Crippen LogP contribution in [0.2, 0.25) is 0 Å². The van der Waals surface area contributed by atoms with Crippen molar-refractivity contribution in [1.82, 2.24) is 5.43 Å². The van der Waals surface area contributed by atoms with Gasteiger partial charge in [-0.05, 0) is 64.8 Å². The van der Waals surface area contributed by atoms with Crippen LogP contribution < -0.4 is 14.9 Å². The molecule has 0 aliphatic carbocycles. The number of benzene rings is 3. The fourth-order valence-electron chi connectivity index (χ4n) is 3.31. The first kappa shape index (κ1) is 20.9.